The molecule has 3 aromatic heterocycles. The van der Waals surface area contributed by atoms with Crippen LogP contribution in [-0.4, -0.2) is 54.7 Å². The zero-order chi connectivity index (χ0) is 20.8. The third kappa shape index (κ3) is 3.27. The number of halogens is 1. The van der Waals surface area contributed by atoms with E-state index in [-0.39, 0.29) is 6.61 Å². The Balaban J connectivity index is 1.33. The van der Waals surface area contributed by atoms with E-state index in [0.717, 1.165) is 15.4 Å². The van der Waals surface area contributed by atoms with Gasteiger partial charge < -0.3 is 30.0 Å². The molecule has 4 aromatic rings. The molecule has 1 aliphatic heterocycles. The molecule has 1 aliphatic rings. The fraction of sp³-hybridized carbons (Fsp3) is 0.250. The molecule has 0 radical (unpaired) electrons. The Hall–Kier alpha value is -2.79. The molecule has 1 saturated heterocycles. The Morgan fingerprint density at radius 3 is 2.87 bits per heavy atom. The monoisotopic (exact) mass is 471 g/mol. The first-order chi connectivity index (χ1) is 14.5. The number of fused-ring (bicyclic) bond motifs is 2. The summed E-state index contributed by atoms with van der Waals surface area (Å²) in [5.41, 5.74) is 7.18. The van der Waals surface area contributed by atoms with Gasteiger partial charge in [0, 0.05) is 28.3 Å². The van der Waals surface area contributed by atoms with Gasteiger partial charge in [-0.3, -0.25) is 4.98 Å². The highest BCUT2D eigenvalue weighted by Gasteiger charge is 2.44. The molecule has 10 heteroatoms. The minimum Gasteiger partial charge on any atom is -0.491 e. The molecule has 5 rings (SSSR count). The van der Waals surface area contributed by atoms with E-state index >= 15 is 0 Å². The Morgan fingerprint density at radius 1 is 1.13 bits per heavy atom. The first kappa shape index (κ1) is 19.2. The molecule has 0 saturated carbocycles. The molecule has 9 nitrogen and oxygen atoms in total. The minimum absolute atomic E-state index is 0.0626. The molecule has 4 atom stereocenters. The van der Waals surface area contributed by atoms with Gasteiger partial charge in [-0.1, -0.05) is 0 Å². The third-order valence-electron chi connectivity index (χ3n) is 5.19. The lowest BCUT2D eigenvalue weighted by atomic mass is 10.1. The summed E-state index contributed by atoms with van der Waals surface area (Å²) in [6.45, 7) is 0.0626. The average Bonchev–Trinajstić information content (AvgIpc) is 3.29. The molecule has 154 valence electrons. The summed E-state index contributed by atoms with van der Waals surface area (Å²) in [6.07, 6.45) is 0.938. The second-order valence-corrected chi connectivity index (χ2v) is 8.00. The molecule has 0 spiro atoms. The van der Waals surface area contributed by atoms with Crippen LogP contribution in [0.1, 0.15) is 6.23 Å². The van der Waals surface area contributed by atoms with E-state index in [4.69, 9.17) is 15.2 Å². The summed E-state index contributed by atoms with van der Waals surface area (Å²) in [4.78, 5) is 12.5. The van der Waals surface area contributed by atoms with Gasteiger partial charge in [0.05, 0.1) is 10.9 Å². The first-order valence-corrected chi connectivity index (χ1v) is 10.1. The minimum atomic E-state index is -1.15. The second kappa shape index (κ2) is 7.47. The van der Waals surface area contributed by atoms with Crippen molar-refractivity contribution in [1.82, 2.24) is 19.5 Å². The summed E-state index contributed by atoms with van der Waals surface area (Å²) >= 11 is 3.40. The predicted octanol–water partition coefficient (Wildman–Crippen LogP) is 2.02. The van der Waals surface area contributed by atoms with Crippen molar-refractivity contribution in [2.24, 2.45) is 0 Å². The summed E-state index contributed by atoms with van der Waals surface area (Å²) in [5, 5.41) is 22.7. The lowest BCUT2D eigenvalue weighted by Gasteiger charge is -2.17. The molecular formula is C20H18BrN5O4. The molecule has 0 bridgehead atoms. The van der Waals surface area contributed by atoms with E-state index in [9.17, 15) is 10.2 Å². The van der Waals surface area contributed by atoms with Crippen molar-refractivity contribution in [3.05, 3.63) is 53.5 Å². The van der Waals surface area contributed by atoms with Crippen molar-refractivity contribution < 1.29 is 19.7 Å². The maximum Gasteiger partial charge on any atom is 0.164 e. The van der Waals surface area contributed by atoms with Crippen molar-refractivity contribution in [3.63, 3.8) is 0 Å². The smallest absolute Gasteiger partial charge is 0.164 e. The molecule has 1 unspecified atom stereocenters. The van der Waals surface area contributed by atoms with E-state index in [0.29, 0.717) is 22.6 Å². The lowest BCUT2D eigenvalue weighted by Crippen LogP contribution is -2.34. The van der Waals surface area contributed by atoms with Crippen LogP contribution in [0.4, 0.5) is 5.82 Å². The molecular weight excluding hydrogens is 454 g/mol. The highest BCUT2D eigenvalue weighted by Crippen LogP contribution is 2.33. The topological polar surface area (TPSA) is 129 Å². The number of aliphatic hydroxyl groups excluding tert-OH is 2. The lowest BCUT2D eigenvalue weighted by molar-refractivity contribution is -0.0471. The van der Waals surface area contributed by atoms with Gasteiger partial charge in [-0.05, 0) is 40.2 Å². The largest absolute Gasteiger partial charge is 0.491 e. The summed E-state index contributed by atoms with van der Waals surface area (Å²) in [7, 11) is 0. The number of benzene rings is 1. The van der Waals surface area contributed by atoms with Crippen LogP contribution in [0.3, 0.4) is 0 Å². The molecule has 4 heterocycles. The van der Waals surface area contributed by atoms with Crippen LogP contribution in [0, 0.1) is 0 Å². The molecule has 1 aromatic carbocycles. The van der Waals surface area contributed by atoms with Gasteiger partial charge >= 0.3 is 0 Å². The Morgan fingerprint density at radius 2 is 2.00 bits per heavy atom. The number of aromatic nitrogens is 4. The predicted molar refractivity (Wildman–Crippen MR) is 113 cm³/mol. The normalized spacial score (nSPS) is 24.0. The first-order valence-electron chi connectivity index (χ1n) is 9.28. The van der Waals surface area contributed by atoms with Gasteiger partial charge in [-0.25, -0.2) is 9.97 Å². The van der Waals surface area contributed by atoms with E-state index < -0.39 is 24.5 Å². The highest BCUT2D eigenvalue weighted by atomic mass is 79.9. The van der Waals surface area contributed by atoms with E-state index in [1.54, 1.807) is 23.0 Å². The SMILES string of the molecule is Nc1ncnc2c1ccn2[C@@H]1O[C@H](COc2ccc3cc(Br)cnc3c2)[C@@H](O)C1O. The fourth-order valence-corrected chi connectivity index (χ4v) is 3.98. The van der Waals surface area contributed by atoms with Crippen molar-refractivity contribution >= 4 is 43.7 Å². The van der Waals surface area contributed by atoms with Crippen LogP contribution >= 0.6 is 15.9 Å². The molecule has 0 aliphatic carbocycles. The number of hydrogen-bond acceptors (Lipinski definition) is 8. The molecule has 1 fully saturated rings. The van der Waals surface area contributed by atoms with Gasteiger partial charge in [0.25, 0.3) is 0 Å². The quantitative estimate of drug-likeness (QED) is 0.412. The van der Waals surface area contributed by atoms with Gasteiger partial charge in [0.1, 0.15) is 48.5 Å². The molecule has 0 amide bonds. The summed E-state index contributed by atoms with van der Waals surface area (Å²) < 4.78 is 14.3. The van der Waals surface area contributed by atoms with Crippen LogP contribution in [0.15, 0.2) is 53.5 Å². The van der Waals surface area contributed by atoms with Gasteiger partial charge in [0.15, 0.2) is 6.23 Å². The van der Waals surface area contributed by atoms with Gasteiger partial charge in [0.2, 0.25) is 0 Å². The average molecular weight is 472 g/mol. The van der Waals surface area contributed by atoms with Crippen molar-refractivity contribution in [3.8, 4) is 5.75 Å². The van der Waals surface area contributed by atoms with Crippen molar-refractivity contribution in [2.75, 3.05) is 12.3 Å². The van der Waals surface area contributed by atoms with Crippen LogP contribution in [-0.2, 0) is 4.74 Å². The second-order valence-electron chi connectivity index (χ2n) is 7.08. The standard InChI is InChI=1S/C20H18BrN5O4/c21-11-5-10-1-2-12(6-14(10)23-7-11)29-8-15-16(27)17(28)20(30-15)26-4-3-13-18(22)24-9-25-19(13)26/h1-7,9,15-17,20,27-28H,8H2,(H2,22,24,25)/t15-,16-,17?,20-/m1/s1. The van der Waals surface area contributed by atoms with Gasteiger partial charge in [-0.15, -0.1) is 0 Å². The molecule has 30 heavy (non-hydrogen) atoms. The fourth-order valence-electron chi connectivity index (χ4n) is 3.64. The van der Waals surface area contributed by atoms with Crippen LogP contribution < -0.4 is 10.5 Å². The number of anilines is 1. The zero-order valence-corrected chi connectivity index (χ0v) is 17.2. The number of aliphatic hydroxyl groups is 2. The van der Waals surface area contributed by atoms with Crippen molar-refractivity contribution in [1.29, 1.82) is 0 Å². The third-order valence-corrected chi connectivity index (χ3v) is 5.62. The van der Waals surface area contributed by atoms with Crippen LogP contribution in [0.5, 0.6) is 5.75 Å². The van der Waals surface area contributed by atoms with Gasteiger partial charge in [-0.2, -0.15) is 0 Å². The highest BCUT2D eigenvalue weighted by molar-refractivity contribution is 9.10. The number of pyridine rings is 1. The zero-order valence-electron chi connectivity index (χ0n) is 15.6. The number of nitrogens with two attached hydrogens (primary N) is 1. The Kier molecular flexibility index (Phi) is 4.78. The number of ether oxygens (including phenoxy) is 2. The number of hydrogen-bond donors (Lipinski definition) is 3. The van der Waals surface area contributed by atoms with Crippen molar-refractivity contribution in [2.45, 2.75) is 24.5 Å². The summed E-state index contributed by atoms with van der Waals surface area (Å²) in [6, 6.07) is 9.26. The Bertz CT molecular complexity index is 1230. The number of nitrogen functional groups attached to an aromatic ring is 1. The molecule has 4 N–H and O–H groups in total. The van der Waals surface area contributed by atoms with Crippen LogP contribution in [0.2, 0.25) is 0 Å². The van der Waals surface area contributed by atoms with E-state index in [2.05, 4.69) is 30.9 Å². The maximum atomic E-state index is 10.6. The number of nitrogens with zero attached hydrogens (tertiary/aromatic N) is 4. The maximum absolute atomic E-state index is 10.6. The van der Waals surface area contributed by atoms with Crippen LogP contribution in [0.25, 0.3) is 21.9 Å². The van der Waals surface area contributed by atoms with E-state index in [1.807, 2.05) is 24.3 Å². The van der Waals surface area contributed by atoms with E-state index in [1.165, 1.54) is 6.33 Å². The Labute approximate surface area is 179 Å². The number of rotatable bonds is 4. The summed E-state index contributed by atoms with van der Waals surface area (Å²) in [5.74, 6) is 0.932.